The van der Waals surface area contributed by atoms with Crippen LogP contribution in [0.5, 0.6) is 0 Å². The second-order valence-corrected chi connectivity index (χ2v) is 5.31. The molecule has 0 unspecified atom stereocenters. The lowest BCUT2D eigenvalue weighted by Gasteiger charge is -2.11. The number of alkyl halides is 1. The van der Waals surface area contributed by atoms with Crippen molar-refractivity contribution in [3.63, 3.8) is 0 Å². The molecule has 0 saturated heterocycles. The third-order valence-corrected chi connectivity index (χ3v) is 3.20. The van der Waals surface area contributed by atoms with Crippen LogP contribution in [0.15, 0.2) is 18.5 Å². The molecule has 21 heavy (non-hydrogen) atoms. The van der Waals surface area contributed by atoms with Gasteiger partial charge in [0, 0.05) is 12.7 Å². The molecule has 0 fully saturated rings. The summed E-state index contributed by atoms with van der Waals surface area (Å²) in [6.07, 6.45) is 3.56. The molecule has 0 aliphatic heterocycles. The average molecular weight is 316 g/mol. The van der Waals surface area contributed by atoms with Crippen LogP contribution in [0.25, 0.3) is 0 Å². The Hall–Kier alpha value is -1.56. The van der Waals surface area contributed by atoms with E-state index in [1.807, 2.05) is 23.9 Å². The van der Waals surface area contributed by atoms with Gasteiger partial charge in [-0.1, -0.05) is 13.8 Å². The fraction of sp³-hybridized carbons (Fsp3) is 0.571. The Bertz CT molecular complexity index is 549. The zero-order valence-electron chi connectivity index (χ0n) is 12.7. The average Bonchev–Trinajstić information content (AvgIpc) is 2.96. The maximum atomic E-state index is 12.4. The molecule has 0 radical (unpaired) electrons. The topological polar surface area (TPSA) is 47.7 Å². The molecule has 2 rings (SSSR count). The quantitative estimate of drug-likeness (QED) is 0.854. The Balaban J connectivity index is 0.00000220. The van der Waals surface area contributed by atoms with Crippen LogP contribution < -0.4 is 5.32 Å². The second-order valence-electron chi connectivity index (χ2n) is 5.31. The van der Waals surface area contributed by atoms with E-state index in [1.165, 1.54) is 0 Å². The molecule has 0 spiro atoms. The number of nitrogens with zero attached hydrogens (tertiary/aromatic N) is 4. The van der Waals surface area contributed by atoms with Crippen molar-refractivity contribution >= 4 is 18.1 Å². The van der Waals surface area contributed by atoms with E-state index in [9.17, 15) is 4.39 Å². The lowest BCUT2D eigenvalue weighted by molar-refractivity contribution is 0.423. The normalized spacial score (nSPS) is 10.7. The summed E-state index contributed by atoms with van der Waals surface area (Å²) in [5.74, 6) is 0.558. The molecule has 0 aromatic carbocycles. The summed E-state index contributed by atoms with van der Waals surface area (Å²) < 4.78 is 16.0. The summed E-state index contributed by atoms with van der Waals surface area (Å²) >= 11 is 0. The number of rotatable bonds is 7. The van der Waals surface area contributed by atoms with Gasteiger partial charge in [0.05, 0.1) is 36.4 Å². The summed E-state index contributed by atoms with van der Waals surface area (Å²) in [7, 11) is 0. The third-order valence-electron chi connectivity index (χ3n) is 3.20. The highest BCUT2D eigenvalue weighted by atomic mass is 35.5. The van der Waals surface area contributed by atoms with Gasteiger partial charge in [-0.05, 0) is 18.9 Å². The van der Waals surface area contributed by atoms with Crippen LogP contribution in [0, 0.1) is 12.8 Å². The third kappa shape index (κ3) is 4.46. The van der Waals surface area contributed by atoms with Crippen LogP contribution in [0.3, 0.4) is 0 Å². The molecular formula is C14H23ClFN5. The molecule has 7 heteroatoms. The van der Waals surface area contributed by atoms with E-state index < -0.39 is 6.67 Å². The predicted octanol–water partition coefficient (Wildman–Crippen LogP) is 3.05. The van der Waals surface area contributed by atoms with Gasteiger partial charge in [-0.15, -0.1) is 12.4 Å². The number of aryl methyl sites for hydroxylation is 1. The largest absolute Gasteiger partial charge is 0.377 e. The Morgan fingerprint density at radius 2 is 2.05 bits per heavy atom. The fourth-order valence-electron chi connectivity index (χ4n) is 2.13. The first kappa shape index (κ1) is 17.5. The molecule has 118 valence electrons. The maximum absolute atomic E-state index is 12.4. The predicted molar refractivity (Wildman–Crippen MR) is 84.6 cm³/mol. The van der Waals surface area contributed by atoms with Crippen molar-refractivity contribution in [1.82, 2.24) is 19.6 Å². The lowest BCUT2D eigenvalue weighted by Crippen LogP contribution is -2.12. The van der Waals surface area contributed by atoms with Crippen LogP contribution in [0.1, 0.15) is 25.2 Å². The van der Waals surface area contributed by atoms with Crippen LogP contribution in [-0.2, 0) is 19.6 Å². The number of hydrogen-bond acceptors (Lipinski definition) is 3. The van der Waals surface area contributed by atoms with E-state index in [-0.39, 0.29) is 12.4 Å². The van der Waals surface area contributed by atoms with E-state index in [2.05, 4.69) is 29.4 Å². The van der Waals surface area contributed by atoms with Crippen molar-refractivity contribution in [3.05, 3.63) is 29.8 Å². The molecule has 0 amide bonds. The standard InChI is InChI=1S/C14H22FN5.ClH/c1-11(2)10-20-13(4-6-17-20)8-16-14-9-18-19(7-5-15)12(14)3;/h4,6,9,11,16H,5,7-8,10H2,1-3H3;1H. The number of anilines is 1. The molecule has 1 N–H and O–H groups in total. The second kappa shape index (κ2) is 8.02. The minimum atomic E-state index is -0.400. The van der Waals surface area contributed by atoms with E-state index >= 15 is 0 Å². The van der Waals surface area contributed by atoms with Crippen molar-refractivity contribution in [2.75, 3.05) is 12.0 Å². The van der Waals surface area contributed by atoms with Gasteiger partial charge in [0.25, 0.3) is 0 Å². The van der Waals surface area contributed by atoms with Gasteiger partial charge in [-0.25, -0.2) is 4.39 Å². The molecule has 0 aliphatic rings. The smallest absolute Gasteiger partial charge is 0.109 e. The summed E-state index contributed by atoms with van der Waals surface area (Å²) in [6, 6.07) is 2.01. The summed E-state index contributed by atoms with van der Waals surface area (Å²) in [5.41, 5.74) is 3.03. The molecule has 2 aromatic heterocycles. The van der Waals surface area contributed by atoms with Crippen molar-refractivity contribution in [3.8, 4) is 0 Å². The van der Waals surface area contributed by atoms with Gasteiger partial charge in [-0.2, -0.15) is 10.2 Å². The van der Waals surface area contributed by atoms with Crippen molar-refractivity contribution in [1.29, 1.82) is 0 Å². The summed E-state index contributed by atoms with van der Waals surface area (Å²) in [4.78, 5) is 0. The number of nitrogens with one attached hydrogen (secondary N) is 1. The summed E-state index contributed by atoms with van der Waals surface area (Å²) in [5, 5.41) is 11.8. The highest BCUT2D eigenvalue weighted by Crippen LogP contribution is 2.15. The first-order chi connectivity index (χ1) is 9.61. The van der Waals surface area contributed by atoms with E-state index in [1.54, 1.807) is 10.9 Å². The van der Waals surface area contributed by atoms with Crippen molar-refractivity contribution in [2.24, 2.45) is 5.92 Å². The van der Waals surface area contributed by atoms with Gasteiger partial charge in [0.15, 0.2) is 0 Å². The van der Waals surface area contributed by atoms with Crippen LogP contribution in [-0.4, -0.2) is 26.2 Å². The Morgan fingerprint density at radius 3 is 2.71 bits per heavy atom. The van der Waals surface area contributed by atoms with E-state index in [4.69, 9.17) is 0 Å². The molecule has 2 heterocycles. The SMILES string of the molecule is Cc1c(NCc2ccnn2CC(C)C)cnn1CCF.Cl. The highest BCUT2D eigenvalue weighted by molar-refractivity contribution is 5.85. The lowest BCUT2D eigenvalue weighted by atomic mass is 10.2. The molecular weight excluding hydrogens is 293 g/mol. The monoisotopic (exact) mass is 315 g/mol. The van der Waals surface area contributed by atoms with Crippen LogP contribution in [0.2, 0.25) is 0 Å². The zero-order valence-corrected chi connectivity index (χ0v) is 13.5. The molecule has 0 aliphatic carbocycles. The maximum Gasteiger partial charge on any atom is 0.109 e. The number of hydrogen-bond donors (Lipinski definition) is 1. The highest BCUT2D eigenvalue weighted by Gasteiger charge is 2.08. The molecule has 0 saturated carbocycles. The molecule has 2 aromatic rings. The summed E-state index contributed by atoms with van der Waals surface area (Å²) in [6.45, 7) is 7.78. The van der Waals surface area contributed by atoms with Gasteiger partial charge in [0.2, 0.25) is 0 Å². The van der Waals surface area contributed by atoms with Crippen molar-refractivity contribution < 1.29 is 4.39 Å². The minimum absolute atomic E-state index is 0. The Morgan fingerprint density at radius 1 is 1.29 bits per heavy atom. The van der Waals surface area contributed by atoms with Gasteiger partial charge < -0.3 is 5.32 Å². The van der Waals surface area contributed by atoms with Crippen LogP contribution >= 0.6 is 12.4 Å². The number of aromatic nitrogens is 4. The first-order valence-corrected chi connectivity index (χ1v) is 6.94. The first-order valence-electron chi connectivity index (χ1n) is 6.94. The molecule has 0 bridgehead atoms. The fourth-order valence-corrected chi connectivity index (χ4v) is 2.13. The van der Waals surface area contributed by atoms with E-state index in [0.29, 0.717) is 19.0 Å². The Labute approximate surface area is 130 Å². The van der Waals surface area contributed by atoms with Gasteiger partial charge >= 0.3 is 0 Å². The molecule has 0 atom stereocenters. The van der Waals surface area contributed by atoms with Gasteiger partial charge in [-0.3, -0.25) is 9.36 Å². The molecule has 5 nitrogen and oxygen atoms in total. The van der Waals surface area contributed by atoms with Crippen LogP contribution in [0.4, 0.5) is 10.1 Å². The van der Waals surface area contributed by atoms with E-state index in [0.717, 1.165) is 23.6 Å². The zero-order chi connectivity index (χ0) is 14.5. The minimum Gasteiger partial charge on any atom is -0.377 e. The Kier molecular flexibility index (Phi) is 6.68. The number of halogens is 2. The van der Waals surface area contributed by atoms with Gasteiger partial charge in [0.1, 0.15) is 6.67 Å². The van der Waals surface area contributed by atoms with Crippen molar-refractivity contribution in [2.45, 2.75) is 40.4 Å².